The van der Waals surface area contributed by atoms with Crippen LogP contribution in [0.25, 0.3) is 0 Å². The zero-order chi connectivity index (χ0) is 26.3. The number of rotatable bonds is 12. The molecule has 4 unspecified atom stereocenters. The Morgan fingerprint density at radius 3 is 2.56 bits per heavy atom. The van der Waals surface area contributed by atoms with Gasteiger partial charge in [-0.05, 0) is 67.5 Å². The van der Waals surface area contributed by atoms with Crippen molar-refractivity contribution in [3.63, 3.8) is 0 Å². The molecule has 0 aliphatic heterocycles. The van der Waals surface area contributed by atoms with Crippen molar-refractivity contribution in [2.75, 3.05) is 32.2 Å². The molecule has 36 heavy (non-hydrogen) atoms. The first kappa shape index (κ1) is 28.0. The predicted octanol–water partition coefficient (Wildman–Crippen LogP) is 2.50. The van der Waals surface area contributed by atoms with Crippen LogP contribution >= 0.6 is 0 Å². The number of carbonyl (C=O) groups is 1. The van der Waals surface area contributed by atoms with Crippen molar-refractivity contribution in [3.05, 3.63) is 65.0 Å². The van der Waals surface area contributed by atoms with Crippen molar-refractivity contribution in [2.24, 2.45) is 0 Å². The zero-order valence-electron chi connectivity index (χ0n) is 21.0. The molecule has 0 heterocycles. The number of nitrogens with one attached hydrogen (secondary N) is 3. The number of aliphatic hydroxyl groups excluding tert-OH is 1. The predicted molar refractivity (Wildman–Crippen MR) is 137 cm³/mol. The Balaban J connectivity index is 1.45. The van der Waals surface area contributed by atoms with E-state index in [9.17, 15) is 22.7 Å². The van der Waals surface area contributed by atoms with Gasteiger partial charge >= 0.3 is 0 Å². The van der Waals surface area contributed by atoms with E-state index in [1.165, 1.54) is 18.7 Å². The van der Waals surface area contributed by atoms with E-state index in [1.54, 1.807) is 12.1 Å². The highest BCUT2D eigenvalue weighted by Crippen LogP contribution is 2.36. The quantitative estimate of drug-likeness (QED) is 0.251. The van der Waals surface area contributed by atoms with Gasteiger partial charge in [0.15, 0.2) is 21.4 Å². The minimum absolute atomic E-state index is 0.0660. The Hall–Kier alpha value is -2.53. The molecule has 0 spiro atoms. The lowest BCUT2D eigenvalue weighted by atomic mass is 9.96. The number of hydrogen-bond donors (Lipinski definition) is 4. The molecule has 10 heteroatoms. The van der Waals surface area contributed by atoms with Gasteiger partial charge in [-0.2, -0.15) is 0 Å². The number of hydrogen-bond acceptors (Lipinski definition) is 7. The molecule has 2 aromatic carbocycles. The summed E-state index contributed by atoms with van der Waals surface area (Å²) < 4.78 is 41.1. The molecule has 1 saturated carbocycles. The van der Waals surface area contributed by atoms with Crippen LogP contribution in [-0.4, -0.2) is 63.9 Å². The minimum Gasteiger partial charge on any atom is -0.494 e. The summed E-state index contributed by atoms with van der Waals surface area (Å²) in [6, 6.07) is 13.0. The molecule has 4 atom stereocenters. The van der Waals surface area contributed by atoms with E-state index in [-0.39, 0.29) is 42.4 Å². The van der Waals surface area contributed by atoms with Gasteiger partial charge in [-0.1, -0.05) is 18.2 Å². The molecular formula is C26H36FN3O5S. The molecule has 4 N–H and O–H groups in total. The number of carbonyl (C=O) groups excluding carboxylic acids is 1. The van der Waals surface area contributed by atoms with Crippen molar-refractivity contribution in [1.82, 2.24) is 16.0 Å². The fourth-order valence-corrected chi connectivity index (χ4v) is 5.29. The van der Waals surface area contributed by atoms with Gasteiger partial charge in [0, 0.05) is 37.0 Å². The lowest BCUT2D eigenvalue weighted by Crippen LogP contribution is -2.40. The van der Waals surface area contributed by atoms with Crippen LogP contribution in [0.2, 0.25) is 0 Å². The second kappa shape index (κ2) is 12.6. The maximum absolute atomic E-state index is 13.7. The standard InChI is InChI=1S/C26H36FN3O5S/c1-17(20-9-11-23(27)24(15-20)35-2)30-22-10-8-21(14-22)18-4-6-19(7-5-18)26(32)29-13-12-28-25(31)16-36(3,33)34/h4-7,9,11,15,17,21-22,25,28,30-31H,8,10,12-14,16H2,1-3H3,(H,29,32). The number of amides is 1. The van der Waals surface area contributed by atoms with Gasteiger partial charge in [-0.25, -0.2) is 12.8 Å². The summed E-state index contributed by atoms with van der Waals surface area (Å²) in [6.07, 6.45) is 2.95. The Bertz CT molecular complexity index is 1130. The number of benzene rings is 2. The first-order valence-electron chi connectivity index (χ1n) is 12.1. The van der Waals surface area contributed by atoms with Gasteiger partial charge in [0.2, 0.25) is 0 Å². The third-order valence-corrected chi connectivity index (χ3v) is 7.41. The fraction of sp³-hybridized carbons (Fsp3) is 0.500. The van der Waals surface area contributed by atoms with Gasteiger partial charge in [0.25, 0.3) is 5.91 Å². The molecular weight excluding hydrogens is 485 g/mol. The molecule has 198 valence electrons. The van der Waals surface area contributed by atoms with Gasteiger partial charge in [-0.3, -0.25) is 10.1 Å². The molecule has 0 aromatic heterocycles. The summed E-state index contributed by atoms with van der Waals surface area (Å²) in [7, 11) is -1.82. The monoisotopic (exact) mass is 521 g/mol. The third kappa shape index (κ3) is 8.26. The molecule has 0 bridgehead atoms. The van der Waals surface area contributed by atoms with Gasteiger partial charge < -0.3 is 20.5 Å². The van der Waals surface area contributed by atoms with Crippen LogP contribution in [0.1, 0.15) is 59.6 Å². The van der Waals surface area contributed by atoms with Crippen molar-refractivity contribution < 1.29 is 27.4 Å². The maximum Gasteiger partial charge on any atom is 0.251 e. The summed E-state index contributed by atoms with van der Waals surface area (Å²) in [5.41, 5.74) is 2.71. The summed E-state index contributed by atoms with van der Waals surface area (Å²) in [6.45, 7) is 2.57. The Morgan fingerprint density at radius 2 is 1.89 bits per heavy atom. The number of sulfone groups is 1. The van der Waals surface area contributed by atoms with E-state index in [4.69, 9.17) is 4.74 Å². The Labute approximate surface area is 212 Å². The maximum atomic E-state index is 13.7. The molecule has 3 rings (SSSR count). The lowest BCUT2D eigenvalue weighted by molar-refractivity contribution is 0.0949. The van der Waals surface area contributed by atoms with E-state index < -0.39 is 16.1 Å². The summed E-state index contributed by atoms with van der Waals surface area (Å²) in [5.74, 6) is -0.327. The van der Waals surface area contributed by atoms with Crippen LogP contribution in [0.4, 0.5) is 4.39 Å². The molecule has 1 amide bonds. The number of aliphatic hydroxyl groups is 1. The van der Waals surface area contributed by atoms with Gasteiger partial charge in [0.05, 0.1) is 12.9 Å². The zero-order valence-corrected chi connectivity index (χ0v) is 21.8. The van der Waals surface area contributed by atoms with Crippen molar-refractivity contribution in [3.8, 4) is 5.75 Å². The van der Waals surface area contributed by atoms with E-state index in [2.05, 4.69) is 22.9 Å². The largest absolute Gasteiger partial charge is 0.494 e. The van der Waals surface area contributed by atoms with E-state index in [0.29, 0.717) is 17.5 Å². The topological polar surface area (TPSA) is 117 Å². The molecule has 0 saturated heterocycles. The number of methoxy groups -OCH3 is 1. The van der Waals surface area contributed by atoms with Crippen LogP contribution in [0.3, 0.4) is 0 Å². The van der Waals surface area contributed by atoms with Gasteiger partial charge in [-0.15, -0.1) is 0 Å². The second-order valence-corrected chi connectivity index (χ2v) is 11.6. The molecule has 1 fully saturated rings. The van der Waals surface area contributed by atoms with Crippen LogP contribution in [0, 0.1) is 5.82 Å². The smallest absolute Gasteiger partial charge is 0.251 e. The first-order valence-corrected chi connectivity index (χ1v) is 14.2. The SMILES string of the molecule is COc1cc(C(C)NC2CCC(c3ccc(C(=O)NCCNC(O)CS(C)(=O)=O)cc3)C2)ccc1F. The van der Waals surface area contributed by atoms with E-state index in [0.717, 1.165) is 31.1 Å². The fourth-order valence-electron chi connectivity index (χ4n) is 4.60. The second-order valence-electron chi connectivity index (χ2n) is 9.43. The van der Waals surface area contributed by atoms with Crippen LogP contribution in [-0.2, 0) is 9.84 Å². The molecule has 1 aliphatic carbocycles. The normalized spacial score (nSPS) is 19.6. The number of halogens is 1. The van der Waals surface area contributed by atoms with Crippen LogP contribution < -0.4 is 20.7 Å². The average molecular weight is 522 g/mol. The minimum atomic E-state index is -3.28. The first-order chi connectivity index (χ1) is 17.1. The van der Waals surface area contributed by atoms with Crippen LogP contribution in [0.5, 0.6) is 5.75 Å². The highest BCUT2D eigenvalue weighted by Gasteiger charge is 2.27. The molecule has 8 nitrogen and oxygen atoms in total. The highest BCUT2D eigenvalue weighted by atomic mass is 32.2. The Morgan fingerprint density at radius 1 is 1.17 bits per heavy atom. The Kier molecular flexibility index (Phi) is 9.84. The molecule has 0 radical (unpaired) electrons. The summed E-state index contributed by atoms with van der Waals surface area (Å²) >= 11 is 0. The lowest BCUT2D eigenvalue weighted by Gasteiger charge is -2.21. The molecule has 1 aliphatic rings. The van der Waals surface area contributed by atoms with Gasteiger partial charge in [0.1, 0.15) is 6.23 Å². The van der Waals surface area contributed by atoms with Crippen molar-refractivity contribution in [2.45, 2.75) is 50.4 Å². The number of ether oxygens (including phenoxy) is 1. The van der Waals surface area contributed by atoms with Crippen molar-refractivity contribution in [1.29, 1.82) is 0 Å². The summed E-state index contributed by atoms with van der Waals surface area (Å²) in [4.78, 5) is 12.4. The van der Waals surface area contributed by atoms with Crippen molar-refractivity contribution >= 4 is 15.7 Å². The third-order valence-electron chi connectivity index (χ3n) is 6.49. The average Bonchev–Trinajstić information content (AvgIpc) is 3.29. The summed E-state index contributed by atoms with van der Waals surface area (Å²) in [5, 5.41) is 18.7. The van der Waals surface area contributed by atoms with Crippen LogP contribution in [0.15, 0.2) is 42.5 Å². The van der Waals surface area contributed by atoms with E-state index in [1.807, 2.05) is 24.3 Å². The molecule has 2 aromatic rings. The van der Waals surface area contributed by atoms with E-state index >= 15 is 0 Å². The highest BCUT2D eigenvalue weighted by molar-refractivity contribution is 7.90.